The Morgan fingerprint density at radius 3 is 3.14 bits per heavy atom. The molecule has 0 aliphatic heterocycles. The summed E-state index contributed by atoms with van der Waals surface area (Å²) in [6, 6.07) is -2.78. The number of ketones is 2. The number of anilines is 1. The molecule has 2 aromatic rings. The summed E-state index contributed by atoms with van der Waals surface area (Å²) in [6.07, 6.45) is -6.09. The van der Waals surface area contributed by atoms with Crippen LogP contribution in [0.2, 0.25) is 0 Å². The van der Waals surface area contributed by atoms with E-state index in [2.05, 4.69) is 4.98 Å². The highest BCUT2D eigenvalue weighted by atomic mass is 16.2. The molecule has 2 atom stereocenters. The van der Waals surface area contributed by atoms with Gasteiger partial charge in [0, 0.05) is 17.6 Å². The molecule has 0 spiro atoms. The van der Waals surface area contributed by atoms with Crippen LogP contribution in [0.4, 0.5) is 5.69 Å². The zero-order chi connectivity index (χ0) is 21.2. The third-order valence-electron chi connectivity index (χ3n) is 3.05. The van der Waals surface area contributed by atoms with Crippen molar-refractivity contribution in [3.05, 3.63) is 34.3 Å². The lowest BCUT2D eigenvalue weighted by Gasteiger charge is -2.24. The molecule has 108 valence electrons. The Hall–Kier alpha value is -2.50. The molecule has 1 aliphatic rings. The van der Waals surface area contributed by atoms with Crippen LogP contribution in [0.3, 0.4) is 0 Å². The molecule has 0 radical (unpaired) electrons. The molecule has 1 aromatic heterocycles. The molecule has 1 aromatic carbocycles. The normalized spacial score (nSPS) is 33.3. The molecular weight excluding hydrogens is 270 g/mol. The SMILES string of the molecule is [2H]Cc1nc2c([2H])c([2H])cc(N)c2c(=O)n1C1([2H])C(=O)CC(=O)C([2H])C1([2H])[2H]. The number of nitrogens with zero attached hydrogens (tertiary/aromatic N) is 2. The fourth-order valence-corrected chi connectivity index (χ4v) is 2.11. The van der Waals surface area contributed by atoms with Gasteiger partial charge in [0.05, 0.1) is 27.5 Å². The molecule has 0 saturated heterocycles. The Kier molecular flexibility index (Phi) is 1.71. The van der Waals surface area contributed by atoms with E-state index in [0.717, 1.165) is 6.07 Å². The largest absolute Gasteiger partial charge is 0.398 e. The number of Topliss-reactive ketones (excluding diaryl/α,β-unsaturated/α-hetero) is 2. The van der Waals surface area contributed by atoms with E-state index in [0.29, 0.717) is 4.57 Å². The van der Waals surface area contributed by atoms with Gasteiger partial charge in [0.2, 0.25) is 0 Å². The van der Waals surface area contributed by atoms with Gasteiger partial charge in [-0.25, -0.2) is 4.98 Å². The van der Waals surface area contributed by atoms with Gasteiger partial charge in [-0.3, -0.25) is 19.0 Å². The topological polar surface area (TPSA) is 95.0 Å². The lowest BCUT2D eigenvalue weighted by Crippen LogP contribution is -2.36. The van der Waals surface area contributed by atoms with E-state index in [4.69, 9.17) is 15.3 Å². The average molecular weight is 292 g/mol. The second kappa shape index (κ2) is 4.80. The molecule has 1 saturated carbocycles. The maximum absolute atomic E-state index is 13.1. The molecular formula is C15H15N3O3. The number of carbonyl (C=O) groups is 2. The van der Waals surface area contributed by atoms with Crippen LogP contribution in [0.1, 0.15) is 40.6 Å². The molecule has 0 amide bonds. The number of nitrogens with two attached hydrogens (primary N) is 1. The number of rotatable bonds is 1. The molecule has 3 rings (SSSR count). The first-order valence-electron chi connectivity index (χ1n) is 9.77. The Morgan fingerprint density at radius 1 is 1.57 bits per heavy atom. The molecule has 2 unspecified atom stereocenters. The monoisotopic (exact) mass is 292 g/mol. The van der Waals surface area contributed by atoms with E-state index in [1.54, 1.807) is 0 Å². The molecule has 21 heavy (non-hydrogen) atoms. The zero-order valence-corrected chi connectivity index (χ0v) is 10.8. The highest BCUT2D eigenvalue weighted by Gasteiger charge is 2.30. The number of hydrogen-bond acceptors (Lipinski definition) is 5. The van der Waals surface area contributed by atoms with Crippen LogP contribution in [0.15, 0.2) is 22.9 Å². The van der Waals surface area contributed by atoms with Crippen LogP contribution in [0, 0.1) is 6.90 Å². The Morgan fingerprint density at radius 2 is 2.38 bits per heavy atom. The quantitative estimate of drug-likeness (QED) is 0.628. The first-order chi connectivity index (χ1) is 12.9. The summed E-state index contributed by atoms with van der Waals surface area (Å²) in [5.74, 6) is -2.77. The lowest BCUT2D eigenvalue weighted by molar-refractivity contribution is -0.132. The minimum absolute atomic E-state index is 0.260. The predicted molar refractivity (Wildman–Crippen MR) is 78.1 cm³/mol. The smallest absolute Gasteiger partial charge is 0.264 e. The van der Waals surface area contributed by atoms with Crippen molar-refractivity contribution in [1.82, 2.24) is 9.55 Å². The third kappa shape index (κ3) is 2.12. The fraction of sp³-hybridized carbons (Fsp3) is 0.333. The van der Waals surface area contributed by atoms with E-state index in [1.807, 2.05) is 0 Å². The van der Waals surface area contributed by atoms with Gasteiger partial charge < -0.3 is 5.73 Å². The van der Waals surface area contributed by atoms with Gasteiger partial charge in [-0.15, -0.1) is 0 Å². The molecule has 0 bridgehead atoms. The van der Waals surface area contributed by atoms with Crippen LogP contribution in [-0.4, -0.2) is 21.1 Å². The molecule has 1 heterocycles. The average Bonchev–Trinajstić information content (AvgIpc) is 2.62. The molecule has 2 N–H and O–H groups in total. The number of fused-ring (bicyclic) bond motifs is 1. The number of hydrogen-bond donors (Lipinski definition) is 1. The molecule has 1 fully saturated rings. The van der Waals surface area contributed by atoms with E-state index < -0.39 is 66.5 Å². The van der Waals surface area contributed by atoms with E-state index >= 15 is 0 Å². The summed E-state index contributed by atoms with van der Waals surface area (Å²) in [4.78, 5) is 41.5. The van der Waals surface area contributed by atoms with Crippen LogP contribution >= 0.6 is 0 Å². The van der Waals surface area contributed by atoms with Crippen molar-refractivity contribution in [3.8, 4) is 0 Å². The van der Waals surface area contributed by atoms with Gasteiger partial charge in [-0.05, 0) is 25.4 Å². The van der Waals surface area contributed by atoms with E-state index in [-0.39, 0.29) is 17.2 Å². The number of aryl methyl sites for hydroxylation is 1. The van der Waals surface area contributed by atoms with E-state index in [1.165, 1.54) is 0 Å². The Bertz CT molecular complexity index is 1100. The van der Waals surface area contributed by atoms with Crippen LogP contribution in [0.25, 0.3) is 10.9 Å². The zero-order valence-electron chi connectivity index (χ0n) is 17.8. The van der Waals surface area contributed by atoms with Crippen molar-refractivity contribution in [2.75, 3.05) is 5.73 Å². The third-order valence-corrected chi connectivity index (χ3v) is 3.05. The number of benzene rings is 1. The first kappa shape index (κ1) is 7.49. The summed E-state index contributed by atoms with van der Waals surface area (Å²) in [5.41, 5.74) is 4.06. The van der Waals surface area contributed by atoms with Crippen LogP contribution in [-0.2, 0) is 9.59 Å². The molecule has 1 aliphatic carbocycles. The van der Waals surface area contributed by atoms with Crippen LogP contribution in [0.5, 0.6) is 0 Å². The number of aromatic nitrogens is 2. The minimum Gasteiger partial charge on any atom is -0.398 e. The standard InChI is InChI=1S/C15H15N3O3/c1-8-17-11-4-2-3-10(16)14(11)15(21)18(8)12-6-5-9(19)7-13(12)20/h2-4,12H,5-7,16H2,1H3/i1D,2D,4D,5D,6D2,12D. The van der Waals surface area contributed by atoms with Gasteiger partial charge in [0.25, 0.3) is 5.56 Å². The maximum atomic E-state index is 13.1. The van der Waals surface area contributed by atoms with Gasteiger partial charge in [-0.1, -0.05) is 6.04 Å². The predicted octanol–water partition coefficient (Wildman–Crippen LogP) is 1.15. The molecule has 6 nitrogen and oxygen atoms in total. The van der Waals surface area contributed by atoms with Crippen molar-refractivity contribution < 1.29 is 19.2 Å². The van der Waals surface area contributed by atoms with E-state index in [9.17, 15) is 14.4 Å². The highest BCUT2D eigenvalue weighted by Crippen LogP contribution is 2.24. The minimum atomic E-state index is -3.09. The van der Waals surface area contributed by atoms with Crippen molar-refractivity contribution >= 4 is 28.2 Å². The summed E-state index contributed by atoms with van der Waals surface area (Å²) >= 11 is 0. The Balaban J connectivity index is 2.50. The number of nitrogen functional groups attached to an aromatic ring is 1. The summed E-state index contributed by atoms with van der Waals surface area (Å²) in [5, 5.41) is -0.396. The van der Waals surface area contributed by atoms with Crippen molar-refractivity contribution in [3.63, 3.8) is 0 Å². The van der Waals surface area contributed by atoms with Crippen molar-refractivity contribution in [2.45, 2.75) is 32.1 Å². The molecule has 6 heteroatoms. The van der Waals surface area contributed by atoms with Crippen molar-refractivity contribution in [1.29, 1.82) is 0 Å². The Labute approximate surface area is 130 Å². The summed E-state index contributed by atoms with van der Waals surface area (Å²) in [6.45, 7) is -0.757. The summed E-state index contributed by atoms with van der Waals surface area (Å²) < 4.78 is 56.1. The van der Waals surface area contributed by atoms with Crippen LogP contribution < -0.4 is 11.3 Å². The number of carbonyl (C=O) groups excluding carboxylic acids is 2. The van der Waals surface area contributed by atoms with Gasteiger partial charge >= 0.3 is 0 Å². The second-order valence-corrected chi connectivity index (χ2v) is 4.46. The second-order valence-electron chi connectivity index (χ2n) is 4.46. The highest BCUT2D eigenvalue weighted by molar-refractivity contribution is 6.03. The fourth-order valence-electron chi connectivity index (χ4n) is 2.11. The maximum Gasteiger partial charge on any atom is 0.264 e. The first-order valence-corrected chi connectivity index (χ1v) is 5.98. The summed E-state index contributed by atoms with van der Waals surface area (Å²) in [7, 11) is 0. The van der Waals surface area contributed by atoms with Crippen molar-refractivity contribution in [2.24, 2.45) is 0 Å². The van der Waals surface area contributed by atoms with Gasteiger partial charge in [-0.2, -0.15) is 0 Å². The van der Waals surface area contributed by atoms with Gasteiger partial charge in [0.15, 0.2) is 5.78 Å². The lowest BCUT2D eigenvalue weighted by atomic mass is 9.92. The van der Waals surface area contributed by atoms with Gasteiger partial charge in [0.1, 0.15) is 11.6 Å².